The number of aromatic nitrogens is 5. The fraction of sp³-hybridized carbons (Fsp3) is 0.346. The molecule has 0 saturated heterocycles. The van der Waals surface area contributed by atoms with Crippen LogP contribution in [0.25, 0.3) is 33.0 Å². The highest BCUT2D eigenvalue weighted by atomic mass is 35.5. The molecule has 11 heteroatoms. The highest BCUT2D eigenvalue weighted by Crippen LogP contribution is 2.32. The number of para-hydroxylation sites is 1. The minimum atomic E-state index is -0.635. The Morgan fingerprint density at radius 2 is 1.84 bits per heavy atom. The lowest BCUT2D eigenvalue weighted by Crippen LogP contribution is -3.00. The van der Waals surface area contributed by atoms with E-state index in [0.717, 1.165) is 38.5 Å². The second-order valence-corrected chi connectivity index (χ2v) is 9.37. The number of nitrogens with two attached hydrogens (primary N) is 1. The second-order valence-electron chi connectivity index (χ2n) is 9.37. The molecule has 3 aromatic heterocycles. The monoisotopic (exact) mass is 526 g/mol. The second kappa shape index (κ2) is 10.8. The van der Waals surface area contributed by atoms with Crippen LogP contribution in [-0.2, 0) is 20.6 Å². The van der Waals surface area contributed by atoms with Crippen molar-refractivity contribution in [1.82, 2.24) is 23.7 Å². The van der Waals surface area contributed by atoms with E-state index in [1.165, 1.54) is 11.6 Å². The van der Waals surface area contributed by atoms with Gasteiger partial charge in [0.2, 0.25) is 0 Å². The average Bonchev–Trinajstić information content (AvgIpc) is 3.49. The zero-order valence-corrected chi connectivity index (χ0v) is 21.8. The third kappa shape index (κ3) is 5.00. The number of quaternary nitrogens is 1. The van der Waals surface area contributed by atoms with E-state index in [0.29, 0.717) is 24.3 Å². The van der Waals surface area contributed by atoms with Crippen molar-refractivity contribution < 1.29 is 27.6 Å². The van der Waals surface area contributed by atoms with Gasteiger partial charge in [0, 0.05) is 43.4 Å². The number of nitrogens with one attached hydrogen (secondary N) is 1. The molecule has 3 heterocycles. The lowest BCUT2D eigenvalue weighted by molar-refractivity contribution is -0.692. The predicted molar refractivity (Wildman–Crippen MR) is 138 cm³/mol. The number of hydrogen-bond donors (Lipinski definition) is 3. The zero-order valence-electron chi connectivity index (χ0n) is 21.0. The summed E-state index contributed by atoms with van der Waals surface area (Å²) in [4.78, 5) is 32.4. The van der Waals surface area contributed by atoms with Gasteiger partial charge in [-0.25, -0.2) is 9.78 Å². The van der Waals surface area contributed by atoms with E-state index in [4.69, 9.17) is 4.74 Å². The number of halogens is 1. The van der Waals surface area contributed by atoms with Crippen molar-refractivity contribution in [3.8, 4) is 5.75 Å². The van der Waals surface area contributed by atoms with Crippen molar-refractivity contribution in [3.05, 3.63) is 69.6 Å². The molecule has 196 valence electrons. The molecule has 37 heavy (non-hydrogen) atoms. The van der Waals surface area contributed by atoms with Crippen LogP contribution in [0.4, 0.5) is 0 Å². The Bertz CT molecular complexity index is 1670. The van der Waals surface area contributed by atoms with E-state index >= 15 is 0 Å². The summed E-state index contributed by atoms with van der Waals surface area (Å²) >= 11 is 0. The molecule has 0 aliphatic rings. The number of aryl methyl sites for hydroxylation is 2. The number of rotatable bonds is 9. The number of ether oxygens (including phenoxy) is 1. The van der Waals surface area contributed by atoms with Gasteiger partial charge >= 0.3 is 5.69 Å². The Morgan fingerprint density at radius 1 is 1.08 bits per heavy atom. The standard InChI is InChI=1S/C26H30N6O4.ClH/c1-16(11-12-32-15-28-24-23(32)25(34)31(3)26(35)30(24)2)27-13-17(33)14-36-21-10-6-9-20-22(21)18-7-4-5-8-19(18)29-20;/h4-10,15-17,27,29,33H,11-14H2,1-3H3;1H. The van der Waals surface area contributed by atoms with Crippen LogP contribution in [0, 0.1) is 0 Å². The minimum absolute atomic E-state index is 0. The maximum absolute atomic E-state index is 12.6. The maximum atomic E-state index is 12.6. The first-order chi connectivity index (χ1) is 17.3. The maximum Gasteiger partial charge on any atom is 0.332 e. The van der Waals surface area contributed by atoms with Crippen molar-refractivity contribution >= 4 is 33.0 Å². The summed E-state index contributed by atoms with van der Waals surface area (Å²) in [6.07, 6.45) is 1.73. The molecule has 0 bridgehead atoms. The van der Waals surface area contributed by atoms with Crippen LogP contribution in [0.2, 0.25) is 0 Å². The minimum Gasteiger partial charge on any atom is -1.00 e. The smallest absolute Gasteiger partial charge is 0.332 e. The summed E-state index contributed by atoms with van der Waals surface area (Å²) in [5, 5.41) is 14.8. The van der Waals surface area contributed by atoms with Crippen LogP contribution in [-0.4, -0.2) is 54.1 Å². The molecule has 0 aliphatic heterocycles. The first kappa shape index (κ1) is 26.5. The fourth-order valence-electron chi connectivity index (χ4n) is 4.66. The number of aliphatic hydroxyl groups excluding tert-OH is 1. The Morgan fingerprint density at radius 3 is 2.65 bits per heavy atom. The summed E-state index contributed by atoms with van der Waals surface area (Å²) in [5.74, 6) is 0.750. The van der Waals surface area contributed by atoms with Gasteiger partial charge in [0.15, 0.2) is 11.2 Å². The largest absolute Gasteiger partial charge is 1.00 e. The van der Waals surface area contributed by atoms with E-state index < -0.39 is 11.8 Å². The molecule has 0 aliphatic carbocycles. The number of imidazole rings is 1. The Hall–Kier alpha value is -3.60. The third-order valence-corrected chi connectivity index (χ3v) is 6.78. The summed E-state index contributed by atoms with van der Waals surface area (Å²) in [7, 11) is 3.08. The van der Waals surface area contributed by atoms with Crippen LogP contribution >= 0.6 is 0 Å². The number of aromatic amines is 1. The van der Waals surface area contributed by atoms with Gasteiger partial charge in [-0.3, -0.25) is 13.9 Å². The molecule has 2 unspecified atom stereocenters. The number of hydrogen-bond acceptors (Lipinski definition) is 5. The van der Waals surface area contributed by atoms with E-state index in [-0.39, 0.29) is 30.6 Å². The van der Waals surface area contributed by atoms with Gasteiger partial charge in [-0.15, -0.1) is 0 Å². The topological polar surface area (TPSA) is 124 Å². The molecular weight excluding hydrogens is 496 g/mol. The number of aliphatic hydroxyl groups is 1. The Labute approximate surface area is 218 Å². The van der Waals surface area contributed by atoms with E-state index in [1.807, 2.05) is 36.4 Å². The first-order valence-corrected chi connectivity index (χ1v) is 12.1. The fourth-order valence-corrected chi connectivity index (χ4v) is 4.66. The highest BCUT2D eigenvalue weighted by Gasteiger charge is 2.17. The van der Waals surface area contributed by atoms with Gasteiger partial charge in [0.25, 0.3) is 5.56 Å². The first-order valence-electron chi connectivity index (χ1n) is 12.1. The van der Waals surface area contributed by atoms with Crippen LogP contribution in [0.1, 0.15) is 13.3 Å². The van der Waals surface area contributed by atoms with Crippen molar-refractivity contribution in [2.24, 2.45) is 14.1 Å². The molecule has 5 rings (SSSR count). The number of nitrogens with zero attached hydrogens (tertiary/aromatic N) is 4. The average molecular weight is 527 g/mol. The van der Waals surface area contributed by atoms with Gasteiger partial charge in [0.05, 0.1) is 17.9 Å². The van der Waals surface area contributed by atoms with Crippen LogP contribution in [0.5, 0.6) is 5.75 Å². The van der Waals surface area contributed by atoms with Crippen molar-refractivity contribution in [3.63, 3.8) is 0 Å². The van der Waals surface area contributed by atoms with Gasteiger partial charge in [-0.1, -0.05) is 24.3 Å². The number of fused-ring (bicyclic) bond motifs is 4. The van der Waals surface area contributed by atoms with E-state index in [9.17, 15) is 14.7 Å². The van der Waals surface area contributed by atoms with Gasteiger partial charge < -0.3 is 37.1 Å². The molecule has 2 atom stereocenters. The SMILES string of the molecule is CC(CCn1cnc2c1c(=O)n(C)c(=O)n2C)[NH2+]CC(O)COc1cccc2[nH]c3ccccc3c12.[Cl-]. The predicted octanol–water partition coefficient (Wildman–Crippen LogP) is -2.15. The van der Waals surface area contributed by atoms with Gasteiger partial charge in [-0.2, -0.15) is 0 Å². The molecule has 0 spiro atoms. The lowest BCUT2D eigenvalue weighted by Gasteiger charge is -2.16. The third-order valence-electron chi connectivity index (χ3n) is 6.78. The molecule has 0 fully saturated rings. The Kier molecular flexibility index (Phi) is 7.72. The normalized spacial score (nSPS) is 13.2. The van der Waals surface area contributed by atoms with Crippen LogP contribution < -0.4 is 33.7 Å². The molecule has 2 aromatic carbocycles. The van der Waals surface area contributed by atoms with Crippen molar-refractivity contribution in [2.75, 3.05) is 13.2 Å². The summed E-state index contributed by atoms with van der Waals surface area (Å²) < 4.78 is 10.3. The summed E-state index contributed by atoms with van der Waals surface area (Å²) in [6.45, 7) is 3.34. The van der Waals surface area contributed by atoms with Crippen molar-refractivity contribution in [1.29, 1.82) is 0 Å². The van der Waals surface area contributed by atoms with E-state index in [2.05, 4.69) is 28.3 Å². The Balaban J connectivity index is 0.00000320. The summed E-state index contributed by atoms with van der Waals surface area (Å²) in [5.41, 5.74) is 2.13. The van der Waals surface area contributed by atoms with Crippen LogP contribution in [0.15, 0.2) is 58.4 Å². The molecule has 0 radical (unpaired) electrons. The highest BCUT2D eigenvalue weighted by molar-refractivity contribution is 6.10. The van der Waals surface area contributed by atoms with Gasteiger partial charge in [0.1, 0.15) is 25.0 Å². The van der Waals surface area contributed by atoms with Crippen LogP contribution in [0.3, 0.4) is 0 Å². The summed E-state index contributed by atoms with van der Waals surface area (Å²) in [6, 6.07) is 14.2. The molecule has 5 aromatic rings. The molecule has 4 N–H and O–H groups in total. The quantitative estimate of drug-likeness (QED) is 0.202. The lowest BCUT2D eigenvalue weighted by atomic mass is 10.1. The molecular formula is C26H31ClN6O4. The van der Waals surface area contributed by atoms with E-state index in [1.54, 1.807) is 17.9 Å². The number of H-pyrrole nitrogens is 1. The molecule has 0 amide bonds. The number of benzene rings is 2. The molecule has 0 saturated carbocycles. The van der Waals surface area contributed by atoms with Gasteiger partial charge in [-0.05, 0) is 25.1 Å². The zero-order chi connectivity index (χ0) is 25.4. The van der Waals surface area contributed by atoms with Crippen molar-refractivity contribution in [2.45, 2.75) is 32.0 Å². The molecule has 10 nitrogen and oxygen atoms in total.